The molecule has 0 aliphatic carbocycles. The van der Waals surface area contributed by atoms with Gasteiger partial charge in [0.05, 0.1) is 11.2 Å². The molecule has 1 aromatic heterocycles. The quantitative estimate of drug-likeness (QED) is 0.815. The molecular weight excluding hydrogens is 220 g/mol. The number of aromatic nitrogens is 1. The Hall–Kier alpha value is -1.15. The summed E-state index contributed by atoms with van der Waals surface area (Å²) >= 11 is 6.07. The van der Waals surface area contributed by atoms with Gasteiger partial charge in [0.15, 0.2) is 0 Å². The molecule has 0 radical (unpaired) electrons. The Labute approximate surface area is 101 Å². The highest BCUT2D eigenvalue weighted by Gasteiger charge is 2.04. The van der Waals surface area contributed by atoms with E-state index < -0.39 is 0 Å². The summed E-state index contributed by atoms with van der Waals surface area (Å²) in [4.78, 5) is 3.23. The topological polar surface area (TPSA) is 27.8 Å². The summed E-state index contributed by atoms with van der Waals surface area (Å²) in [6.07, 6.45) is 3.10. The van der Waals surface area contributed by atoms with Gasteiger partial charge in [-0.25, -0.2) is 0 Å². The van der Waals surface area contributed by atoms with Crippen LogP contribution < -0.4 is 5.32 Å². The fraction of sp³-hybridized carbons (Fsp3) is 0.385. The maximum absolute atomic E-state index is 6.07. The van der Waals surface area contributed by atoms with Crippen molar-refractivity contribution in [3.8, 4) is 0 Å². The molecule has 0 unspecified atom stereocenters. The molecule has 0 spiro atoms. The molecule has 2 nitrogen and oxygen atoms in total. The first kappa shape index (κ1) is 11.3. The minimum atomic E-state index is 0.714. The van der Waals surface area contributed by atoms with Gasteiger partial charge in [0.25, 0.3) is 0 Å². The first-order valence-electron chi connectivity index (χ1n) is 5.67. The van der Waals surface area contributed by atoms with Crippen LogP contribution in [0.1, 0.15) is 20.3 Å². The molecule has 2 aromatic rings. The third-order valence-electron chi connectivity index (χ3n) is 2.66. The predicted molar refractivity (Wildman–Crippen MR) is 71.3 cm³/mol. The van der Waals surface area contributed by atoms with Gasteiger partial charge in [-0.2, -0.15) is 0 Å². The fourth-order valence-electron chi connectivity index (χ4n) is 1.77. The molecule has 0 saturated heterocycles. The first-order chi connectivity index (χ1) is 7.66. The highest BCUT2D eigenvalue weighted by atomic mass is 35.5. The lowest BCUT2D eigenvalue weighted by Crippen LogP contribution is -2.05. The highest BCUT2D eigenvalue weighted by Crippen LogP contribution is 2.26. The van der Waals surface area contributed by atoms with Crippen molar-refractivity contribution in [3.05, 3.63) is 29.4 Å². The SMILES string of the molecule is CC(C)CCNc1cc(Cl)cc2cc[nH]c12. The van der Waals surface area contributed by atoms with Crippen LogP contribution in [0, 0.1) is 5.92 Å². The number of halogens is 1. The van der Waals surface area contributed by atoms with Crippen LogP contribution in [0.25, 0.3) is 10.9 Å². The Balaban J connectivity index is 2.19. The second-order valence-electron chi connectivity index (χ2n) is 4.50. The standard InChI is InChI=1S/C13H17ClN2/c1-9(2)3-5-15-12-8-11(14)7-10-4-6-16-13(10)12/h4,6-9,15-16H,3,5H2,1-2H3. The Morgan fingerprint density at radius 1 is 1.38 bits per heavy atom. The van der Waals surface area contributed by atoms with Crippen LogP contribution in [-0.2, 0) is 0 Å². The van der Waals surface area contributed by atoms with Crippen molar-refractivity contribution in [2.75, 3.05) is 11.9 Å². The Morgan fingerprint density at radius 2 is 2.19 bits per heavy atom. The second-order valence-corrected chi connectivity index (χ2v) is 4.94. The zero-order valence-electron chi connectivity index (χ0n) is 9.68. The van der Waals surface area contributed by atoms with Gasteiger partial charge in [-0.05, 0) is 30.5 Å². The number of hydrogen-bond acceptors (Lipinski definition) is 1. The summed E-state index contributed by atoms with van der Waals surface area (Å²) in [5.41, 5.74) is 2.22. The second kappa shape index (κ2) is 4.79. The van der Waals surface area contributed by atoms with E-state index in [2.05, 4.69) is 24.1 Å². The molecule has 86 valence electrons. The minimum absolute atomic E-state index is 0.714. The smallest absolute Gasteiger partial charge is 0.0690 e. The van der Waals surface area contributed by atoms with E-state index in [-0.39, 0.29) is 0 Å². The summed E-state index contributed by atoms with van der Waals surface area (Å²) in [5, 5.41) is 5.36. The van der Waals surface area contributed by atoms with E-state index in [9.17, 15) is 0 Å². The van der Waals surface area contributed by atoms with E-state index in [0.717, 1.165) is 34.6 Å². The molecule has 0 atom stereocenters. The molecule has 16 heavy (non-hydrogen) atoms. The van der Waals surface area contributed by atoms with Crippen LogP contribution in [-0.4, -0.2) is 11.5 Å². The molecule has 1 heterocycles. The molecule has 3 heteroatoms. The minimum Gasteiger partial charge on any atom is -0.383 e. The van der Waals surface area contributed by atoms with E-state index in [1.807, 2.05) is 24.4 Å². The lowest BCUT2D eigenvalue weighted by Gasteiger charge is -2.10. The van der Waals surface area contributed by atoms with Gasteiger partial charge < -0.3 is 10.3 Å². The van der Waals surface area contributed by atoms with Gasteiger partial charge in [-0.3, -0.25) is 0 Å². The molecule has 0 fully saturated rings. The molecule has 1 aromatic carbocycles. The first-order valence-corrected chi connectivity index (χ1v) is 6.05. The molecule has 0 aliphatic heterocycles. The van der Waals surface area contributed by atoms with Gasteiger partial charge in [0, 0.05) is 23.2 Å². The number of hydrogen-bond donors (Lipinski definition) is 2. The van der Waals surface area contributed by atoms with Crippen molar-refractivity contribution >= 4 is 28.2 Å². The number of aromatic amines is 1. The number of anilines is 1. The van der Waals surface area contributed by atoms with E-state index in [1.165, 1.54) is 0 Å². The summed E-state index contributed by atoms with van der Waals surface area (Å²) in [6.45, 7) is 5.43. The van der Waals surface area contributed by atoms with Crippen LogP contribution in [0.3, 0.4) is 0 Å². The number of rotatable bonds is 4. The lowest BCUT2D eigenvalue weighted by atomic mass is 10.1. The molecule has 0 bridgehead atoms. The lowest BCUT2D eigenvalue weighted by molar-refractivity contribution is 0.607. The van der Waals surface area contributed by atoms with Gasteiger partial charge in [-0.15, -0.1) is 0 Å². The summed E-state index contributed by atoms with van der Waals surface area (Å²) in [6, 6.07) is 5.98. The zero-order chi connectivity index (χ0) is 11.5. The average molecular weight is 237 g/mol. The van der Waals surface area contributed by atoms with Crippen LogP contribution in [0.2, 0.25) is 5.02 Å². The average Bonchev–Trinajstić information content (AvgIpc) is 2.64. The van der Waals surface area contributed by atoms with Gasteiger partial charge in [0.2, 0.25) is 0 Å². The van der Waals surface area contributed by atoms with E-state index >= 15 is 0 Å². The summed E-state index contributed by atoms with van der Waals surface area (Å²) in [7, 11) is 0. The van der Waals surface area contributed by atoms with E-state index in [1.54, 1.807) is 0 Å². The monoisotopic (exact) mass is 236 g/mol. The highest BCUT2D eigenvalue weighted by molar-refractivity contribution is 6.31. The maximum Gasteiger partial charge on any atom is 0.0690 e. The molecule has 0 saturated carbocycles. The Morgan fingerprint density at radius 3 is 2.94 bits per heavy atom. The van der Waals surface area contributed by atoms with Gasteiger partial charge in [-0.1, -0.05) is 25.4 Å². The third-order valence-corrected chi connectivity index (χ3v) is 2.88. The van der Waals surface area contributed by atoms with E-state index in [0.29, 0.717) is 5.92 Å². The predicted octanol–water partition coefficient (Wildman–Crippen LogP) is 4.28. The maximum atomic E-state index is 6.07. The normalized spacial score (nSPS) is 11.2. The summed E-state index contributed by atoms with van der Waals surface area (Å²) < 4.78 is 0. The van der Waals surface area contributed by atoms with Crippen molar-refractivity contribution in [3.63, 3.8) is 0 Å². The Kier molecular flexibility index (Phi) is 3.39. The van der Waals surface area contributed by atoms with Crippen molar-refractivity contribution in [1.82, 2.24) is 4.98 Å². The molecular formula is C13H17ClN2. The number of nitrogens with one attached hydrogen (secondary N) is 2. The third kappa shape index (κ3) is 2.50. The van der Waals surface area contributed by atoms with Crippen molar-refractivity contribution in [2.24, 2.45) is 5.92 Å². The van der Waals surface area contributed by atoms with Crippen molar-refractivity contribution in [2.45, 2.75) is 20.3 Å². The molecule has 2 N–H and O–H groups in total. The van der Waals surface area contributed by atoms with Gasteiger partial charge in [0.1, 0.15) is 0 Å². The van der Waals surface area contributed by atoms with Crippen molar-refractivity contribution in [1.29, 1.82) is 0 Å². The van der Waals surface area contributed by atoms with E-state index in [4.69, 9.17) is 11.6 Å². The van der Waals surface area contributed by atoms with Crippen LogP contribution in [0.4, 0.5) is 5.69 Å². The van der Waals surface area contributed by atoms with Gasteiger partial charge >= 0.3 is 0 Å². The van der Waals surface area contributed by atoms with Crippen molar-refractivity contribution < 1.29 is 0 Å². The molecule has 0 amide bonds. The fourth-order valence-corrected chi connectivity index (χ4v) is 2.00. The van der Waals surface area contributed by atoms with Crippen LogP contribution in [0.5, 0.6) is 0 Å². The van der Waals surface area contributed by atoms with Crippen LogP contribution >= 0.6 is 11.6 Å². The Bertz CT molecular complexity index is 474. The summed E-state index contributed by atoms with van der Waals surface area (Å²) in [5.74, 6) is 0.714. The molecule has 0 aliphatic rings. The largest absolute Gasteiger partial charge is 0.383 e. The number of benzene rings is 1. The molecule has 2 rings (SSSR count). The number of fused-ring (bicyclic) bond motifs is 1. The zero-order valence-corrected chi connectivity index (χ0v) is 10.4. The van der Waals surface area contributed by atoms with Crippen LogP contribution in [0.15, 0.2) is 24.4 Å². The number of H-pyrrole nitrogens is 1.